The molecule has 0 radical (unpaired) electrons. The molecule has 1 aliphatic rings. The van der Waals surface area contributed by atoms with Gasteiger partial charge in [0.1, 0.15) is 0 Å². The average Bonchev–Trinajstić information content (AvgIpc) is 2.58. The Morgan fingerprint density at radius 1 is 1.29 bits per heavy atom. The highest BCUT2D eigenvalue weighted by Gasteiger charge is 2.23. The van der Waals surface area contributed by atoms with Crippen LogP contribution in [0.15, 0.2) is 12.1 Å². The molecule has 1 saturated carbocycles. The highest BCUT2D eigenvalue weighted by Crippen LogP contribution is 2.30. The quantitative estimate of drug-likeness (QED) is 0.795. The van der Waals surface area contributed by atoms with Crippen molar-refractivity contribution in [1.82, 2.24) is 5.32 Å². The van der Waals surface area contributed by atoms with E-state index in [-0.39, 0.29) is 0 Å². The lowest BCUT2D eigenvalue weighted by Gasteiger charge is -2.25. The molecule has 1 aromatic rings. The summed E-state index contributed by atoms with van der Waals surface area (Å²) < 4.78 is 0.925. The Morgan fingerprint density at radius 3 is 2.82 bits per heavy atom. The van der Waals surface area contributed by atoms with Crippen LogP contribution in [0.25, 0.3) is 0 Å². The minimum absolute atomic E-state index is 0.711. The molecular formula is C14H22ClNS. The Hall–Kier alpha value is -0.0500. The highest BCUT2D eigenvalue weighted by atomic mass is 35.5. The van der Waals surface area contributed by atoms with Gasteiger partial charge in [-0.2, -0.15) is 0 Å². The molecule has 2 unspecified atom stereocenters. The first kappa shape index (κ1) is 13.4. The van der Waals surface area contributed by atoms with Gasteiger partial charge in [0.05, 0.1) is 4.34 Å². The molecule has 0 saturated heterocycles. The monoisotopic (exact) mass is 271 g/mol. The predicted molar refractivity (Wildman–Crippen MR) is 77.1 cm³/mol. The molecule has 1 fully saturated rings. The van der Waals surface area contributed by atoms with E-state index in [2.05, 4.69) is 18.3 Å². The summed E-state index contributed by atoms with van der Waals surface area (Å²) in [5, 5.41) is 3.67. The van der Waals surface area contributed by atoms with Crippen molar-refractivity contribution in [2.75, 3.05) is 6.54 Å². The second-order valence-electron chi connectivity index (χ2n) is 4.97. The van der Waals surface area contributed by atoms with Crippen LogP contribution in [0, 0.1) is 5.92 Å². The summed E-state index contributed by atoms with van der Waals surface area (Å²) in [6.07, 6.45) is 8.11. The molecule has 0 aromatic carbocycles. The molecule has 2 rings (SSSR count). The summed E-state index contributed by atoms with van der Waals surface area (Å²) in [5.74, 6) is 0.798. The first-order valence-electron chi connectivity index (χ1n) is 6.77. The summed E-state index contributed by atoms with van der Waals surface area (Å²) in [6.45, 7) is 3.30. The van der Waals surface area contributed by atoms with E-state index in [1.165, 1.54) is 43.4 Å². The van der Waals surface area contributed by atoms with Crippen molar-refractivity contribution in [2.45, 2.75) is 51.5 Å². The number of nitrogens with one attached hydrogen (secondary N) is 1. The third-order valence-corrected chi connectivity index (χ3v) is 4.97. The van der Waals surface area contributed by atoms with Gasteiger partial charge >= 0.3 is 0 Å². The SMILES string of the molecule is CCNC1CCCCCC1Cc1ccc(Cl)s1. The maximum atomic E-state index is 6.01. The fraction of sp³-hybridized carbons (Fsp3) is 0.714. The summed E-state index contributed by atoms with van der Waals surface area (Å²) >= 11 is 7.76. The van der Waals surface area contributed by atoms with Crippen LogP contribution < -0.4 is 5.32 Å². The Labute approximate surface area is 114 Å². The lowest BCUT2D eigenvalue weighted by molar-refractivity contribution is 0.339. The molecule has 0 aliphatic heterocycles. The second-order valence-corrected chi connectivity index (χ2v) is 6.77. The van der Waals surface area contributed by atoms with Crippen LogP contribution in [0.2, 0.25) is 4.34 Å². The van der Waals surface area contributed by atoms with Crippen molar-refractivity contribution in [2.24, 2.45) is 5.92 Å². The fourth-order valence-corrected chi connectivity index (χ4v) is 4.06. The van der Waals surface area contributed by atoms with Crippen molar-refractivity contribution >= 4 is 22.9 Å². The molecule has 1 aliphatic carbocycles. The Morgan fingerprint density at radius 2 is 2.12 bits per heavy atom. The molecular weight excluding hydrogens is 250 g/mol. The van der Waals surface area contributed by atoms with Crippen LogP contribution in [0.5, 0.6) is 0 Å². The van der Waals surface area contributed by atoms with Gasteiger partial charge in [0.15, 0.2) is 0 Å². The van der Waals surface area contributed by atoms with Gasteiger partial charge in [-0.3, -0.25) is 0 Å². The van der Waals surface area contributed by atoms with Crippen LogP contribution >= 0.6 is 22.9 Å². The zero-order valence-corrected chi connectivity index (χ0v) is 12.1. The Bertz CT molecular complexity index is 337. The smallest absolute Gasteiger partial charge is 0.0931 e. The van der Waals surface area contributed by atoms with Gasteiger partial charge in [0, 0.05) is 10.9 Å². The summed E-state index contributed by atoms with van der Waals surface area (Å²) in [4.78, 5) is 1.45. The van der Waals surface area contributed by atoms with E-state index in [1.807, 2.05) is 6.07 Å². The van der Waals surface area contributed by atoms with Gasteiger partial charge in [-0.1, -0.05) is 37.8 Å². The van der Waals surface area contributed by atoms with Crippen LogP contribution in [0.3, 0.4) is 0 Å². The number of hydrogen-bond donors (Lipinski definition) is 1. The van der Waals surface area contributed by atoms with Crippen LogP contribution in [-0.2, 0) is 6.42 Å². The van der Waals surface area contributed by atoms with E-state index < -0.39 is 0 Å². The highest BCUT2D eigenvalue weighted by molar-refractivity contribution is 7.16. The van der Waals surface area contributed by atoms with E-state index in [4.69, 9.17) is 11.6 Å². The largest absolute Gasteiger partial charge is 0.314 e. The van der Waals surface area contributed by atoms with Gasteiger partial charge in [-0.15, -0.1) is 11.3 Å². The van der Waals surface area contributed by atoms with Gasteiger partial charge < -0.3 is 5.32 Å². The lowest BCUT2D eigenvalue weighted by Crippen LogP contribution is -2.36. The molecule has 0 bridgehead atoms. The summed E-state index contributed by atoms with van der Waals surface area (Å²) in [7, 11) is 0. The normalized spacial score (nSPS) is 25.8. The van der Waals surface area contributed by atoms with E-state index in [1.54, 1.807) is 11.3 Å². The maximum absolute atomic E-state index is 6.01. The maximum Gasteiger partial charge on any atom is 0.0931 e. The number of hydrogen-bond acceptors (Lipinski definition) is 2. The number of rotatable bonds is 4. The number of halogens is 1. The molecule has 17 heavy (non-hydrogen) atoms. The second kappa shape index (κ2) is 6.77. The van der Waals surface area contributed by atoms with Crippen molar-refractivity contribution in [3.63, 3.8) is 0 Å². The van der Waals surface area contributed by atoms with Gasteiger partial charge in [-0.25, -0.2) is 0 Å². The zero-order valence-electron chi connectivity index (χ0n) is 10.5. The first-order chi connectivity index (χ1) is 8.29. The van der Waals surface area contributed by atoms with Crippen molar-refractivity contribution < 1.29 is 0 Å². The Kier molecular flexibility index (Phi) is 5.33. The van der Waals surface area contributed by atoms with E-state index in [0.717, 1.165) is 16.8 Å². The Balaban J connectivity index is 1.99. The van der Waals surface area contributed by atoms with Crippen LogP contribution in [0.1, 0.15) is 43.9 Å². The molecule has 96 valence electrons. The van der Waals surface area contributed by atoms with Crippen molar-refractivity contribution in [1.29, 1.82) is 0 Å². The molecule has 1 N–H and O–H groups in total. The van der Waals surface area contributed by atoms with Crippen molar-refractivity contribution in [3.05, 3.63) is 21.3 Å². The molecule has 1 heterocycles. The summed E-state index contributed by atoms with van der Waals surface area (Å²) in [6, 6.07) is 4.94. The van der Waals surface area contributed by atoms with Crippen LogP contribution in [0.4, 0.5) is 0 Å². The molecule has 3 heteroatoms. The molecule has 0 amide bonds. The minimum Gasteiger partial charge on any atom is -0.314 e. The zero-order chi connectivity index (χ0) is 12.1. The third kappa shape index (κ3) is 3.97. The average molecular weight is 272 g/mol. The summed E-state index contributed by atoms with van der Waals surface area (Å²) in [5.41, 5.74) is 0. The van der Waals surface area contributed by atoms with E-state index >= 15 is 0 Å². The predicted octanol–water partition coefficient (Wildman–Crippen LogP) is 4.50. The fourth-order valence-electron chi connectivity index (χ4n) is 2.88. The topological polar surface area (TPSA) is 12.0 Å². The standard InChI is InChI=1S/C14H22ClNS/c1-2-16-13-7-5-3-4-6-11(13)10-12-8-9-14(15)17-12/h8-9,11,13,16H,2-7,10H2,1H3. The van der Waals surface area contributed by atoms with Crippen LogP contribution in [-0.4, -0.2) is 12.6 Å². The molecule has 2 atom stereocenters. The first-order valence-corrected chi connectivity index (χ1v) is 7.96. The molecule has 1 aromatic heterocycles. The molecule has 1 nitrogen and oxygen atoms in total. The van der Waals surface area contributed by atoms with E-state index in [9.17, 15) is 0 Å². The van der Waals surface area contributed by atoms with E-state index in [0.29, 0.717) is 6.04 Å². The molecule has 0 spiro atoms. The third-order valence-electron chi connectivity index (χ3n) is 3.72. The van der Waals surface area contributed by atoms with Gasteiger partial charge in [-0.05, 0) is 43.9 Å². The van der Waals surface area contributed by atoms with Gasteiger partial charge in [0.25, 0.3) is 0 Å². The minimum atomic E-state index is 0.711. The van der Waals surface area contributed by atoms with Gasteiger partial charge in [0.2, 0.25) is 0 Å². The van der Waals surface area contributed by atoms with Crippen molar-refractivity contribution in [3.8, 4) is 0 Å². The number of thiophene rings is 1. The lowest BCUT2D eigenvalue weighted by atomic mass is 9.91.